The van der Waals surface area contributed by atoms with Gasteiger partial charge in [0.05, 0.1) is 13.2 Å². The lowest BCUT2D eigenvalue weighted by Gasteiger charge is -2.26. The van der Waals surface area contributed by atoms with Gasteiger partial charge in [-0.1, -0.05) is 5.21 Å². The van der Waals surface area contributed by atoms with Crippen LogP contribution in [0, 0.1) is 0 Å². The van der Waals surface area contributed by atoms with Crippen LogP contribution in [0.15, 0.2) is 0 Å². The van der Waals surface area contributed by atoms with Crippen LogP contribution in [0.3, 0.4) is 0 Å². The number of nitrogens with two attached hydrogens (primary N) is 1. The number of nitrogens with zero attached hydrogens (tertiary/aromatic N) is 3. The number of aromatic carboxylic acids is 1. The lowest BCUT2D eigenvalue weighted by Crippen LogP contribution is -2.32. The van der Waals surface area contributed by atoms with Gasteiger partial charge in [0.25, 0.3) is 0 Å². The Morgan fingerprint density at radius 1 is 1.69 bits per heavy atom. The monoisotopic (exact) mass is 184 g/mol. The van der Waals surface area contributed by atoms with E-state index in [2.05, 4.69) is 10.3 Å². The number of anilines is 1. The summed E-state index contributed by atoms with van der Waals surface area (Å²) in [6.07, 6.45) is 0. The second-order valence-electron chi connectivity index (χ2n) is 2.76. The highest BCUT2D eigenvalue weighted by Gasteiger charge is 2.26. The van der Waals surface area contributed by atoms with Gasteiger partial charge in [0.15, 0.2) is 5.82 Å². The first-order valence-corrected chi connectivity index (χ1v) is 3.72. The molecule has 1 aliphatic heterocycles. The summed E-state index contributed by atoms with van der Waals surface area (Å²) in [6, 6.07) is 0.0283. The van der Waals surface area contributed by atoms with Crippen molar-refractivity contribution in [2.24, 2.45) is 0 Å². The molecule has 0 aliphatic carbocycles. The molecule has 1 aromatic rings. The van der Waals surface area contributed by atoms with Crippen LogP contribution in [0.4, 0.5) is 5.82 Å². The van der Waals surface area contributed by atoms with E-state index in [0.29, 0.717) is 13.2 Å². The van der Waals surface area contributed by atoms with Gasteiger partial charge in [-0.25, -0.2) is 9.48 Å². The molecule has 1 fully saturated rings. The predicted octanol–water partition coefficient (Wildman–Crippen LogP) is -0.870. The molecule has 7 heteroatoms. The fourth-order valence-electron chi connectivity index (χ4n) is 1.09. The highest BCUT2D eigenvalue weighted by molar-refractivity contribution is 5.90. The van der Waals surface area contributed by atoms with Gasteiger partial charge in [0, 0.05) is 0 Å². The average molecular weight is 184 g/mol. The lowest BCUT2D eigenvalue weighted by atomic mass is 10.2. The maximum absolute atomic E-state index is 10.5. The zero-order valence-corrected chi connectivity index (χ0v) is 6.67. The second-order valence-corrected chi connectivity index (χ2v) is 2.76. The summed E-state index contributed by atoms with van der Waals surface area (Å²) >= 11 is 0. The van der Waals surface area contributed by atoms with Crippen molar-refractivity contribution in [1.29, 1.82) is 0 Å². The number of carbonyl (C=O) groups is 1. The smallest absolute Gasteiger partial charge is 0.360 e. The fourth-order valence-corrected chi connectivity index (χ4v) is 1.09. The first-order valence-electron chi connectivity index (χ1n) is 3.72. The highest BCUT2D eigenvalue weighted by atomic mass is 16.5. The molecule has 2 heterocycles. The largest absolute Gasteiger partial charge is 0.476 e. The van der Waals surface area contributed by atoms with Crippen LogP contribution >= 0.6 is 0 Å². The van der Waals surface area contributed by atoms with Gasteiger partial charge in [0.2, 0.25) is 5.69 Å². The van der Waals surface area contributed by atoms with E-state index in [0.717, 1.165) is 0 Å². The molecular formula is C6H8N4O3. The highest BCUT2D eigenvalue weighted by Crippen LogP contribution is 2.20. The van der Waals surface area contributed by atoms with Crippen molar-refractivity contribution in [2.45, 2.75) is 6.04 Å². The molecule has 1 aromatic heterocycles. The molecule has 1 saturated heterocycles. The molecule has 2 rings (SSSR count). The summed E-state index contributed by atoms with van der Waals surface area (Å²) in [5, 5.41) is 15.7. The molecule has 7 nitrogen and oxygen atoms in total. The summed E-state index contributed by atoms with van der Waals surface area (Å²) < 4.78 is 6.30. The predicted molar refractivity (Wildman–Crippen MR) is 41.2 cm³/mol. The average Bonchev–Trinajstić information content (AvgIpc) is 2.29. The van der Waals surface area contributed by atoms with Crippen molar-refractivity contribution in [2.75, 3.05) is 18.9 Å². The van der Waals surface area contributed by atoms with Crippen LogP contribution in [0.25, 0.3) is 0 Å². The number of carboxylic acid groups (broad SMARTS) is 1. The normalized spacial score (nSPS) is 16.9. The molecule has 0 spiro atoms. The summed E-state index contributed by atoms with van der Waals surface area (Å²) in [6.45, 7) is 1.01. The third-order valence-corrected chi connectivity index (χ3v) is 1.90. The number of hydrogen-bond donors (Lipinski definition) is 2. The zero-order valence-electron chi connectivity index (χ0n) is 6.67. The van der Waals surface area contributed by atoms with Gasteiger partial charge < -0.3 is 15.6 Å². The number of ether oxygens (including phenoxy) is 1. The van der Waals surface area contributed by atoms with Crippen molar-refractivity contribution >= 4 is 11.8 Å². The van der Waals surface area contributed by atoms with E-state index < -0.39 is 5.97 Å². The van der Waals surface area contributed by atoms with E-state index >= 15 is 0 Å². The molecule has 0 radical (unpaired) electrons. The third-order valence-electron chi connectivity index (χ3n) is 1.90. The number of aromatic nitrogens is 3. The minimum absolute atomic E-state index is 0.0283. The molecule has 3 N–H and O–H groups in total. The molecule has 13 heavy (non-hydrogen) atoms. The van der Waals surface area contributed by atoms with E-state index in [1.54, 1.807) is 0 Å². The minimum Gasteiger partial charge on any atom is -0.476 e. The molecule has 0 amide bonds. The minimum atomic E-state index is -1.16. The molecule has 0 saturated carbocycles. The Morgan fingerprint density at radius 2 is 2.38 bits per heavy atom. The molecule has 70 valence electrons. The van der Waals surface area contributed by atoms with Crippen LogP contribution in [-0.4, -0.2) is 39.3 Å². The molecular weight excluding hydrogens is 176 g/mol. The Labute approximate surface area is 73.1 Å². The molecule has 0 unspecified atom stereocenters. The first kappa shape index (κ1) is 7.99. The number of nitrogen functional groups attached to an aromatic ring is 1. The van der Waals surface area contributed by atoms with E-state index in [1.165, 1.54) is 4.68 Å². The maximum atomic E-state index is 10.5. The van der Waals surface area contributed by atoms with Crippen LogP contribution in [-0.2, 0) is 4.74 Å². The fraction of sp³-hybridized carbons (Fsp3) is 0.500. The number of carboxylic acids is 1. The summed E-state index contributed by atoms with van der Waals surface area (Å²) in [5.41, 5.74) is 5.31. The topological polar surface area (TPSA) is 103 Å². The Morgan fingerprint density at radius 3 is 2.77 bits per heavy atom. The van der Waals surface area contributed by atoms with Gasteiger partial charge in [0.1, 0.15) is 6.04 Å². The summed E-state index contributed by atoms with van der Waals surface area (Å²) in [4.78, 5) is 10.5. The van der Waals surface area contributed by atoms with Crippen molar-refractivity contribution < 1.29 is 14.6 Å². The van der Waals surface area contributed by atoms with E-state index in [-0.39, 0.29) is 17.6 Å². The van der Waals surface area contributed by atoms with Gasteiger partial charge in [-0.15, -0.1) is 5.10 Å². The van der Waals surface area contributed by atoms with Crippen LogP contribution in [0.1, 0.15) is 16.5 Å². The van der Waals surface area contributed by atoms with E-state index in [1.807, 2.05) is 0 Å². The zero-order chi connectivity index (χ0) is 9.42. The van der Waals surface area contributed by atoms with E-state index in [4.69, 9.17) is 15.6 Å². The van der Waals surface area contributed by atoms with Crippen molar-refractivity contribution in [3.05, 3.63) is 5.69 Å². The molecule has 0 atom stereocenters. The van der Waals surface area contributed by atoms with Gasteiger partial charge >= 0.3 is 5.97 Å². The Bertz CT molecular complexity index is 344. The van der Waals surface area contributed by atoms with Gasteiger partial charge in [-0.3, -0.25) is 0 Å². The van der Waals surface area contributed by atoms with Crippen LogP contribution in [0.2, 0.25) is 0 Å². The second kappa shape index (κ2) is 2.70. The summed E-state index contributed by atoms with van der Waals surface area (Å²) in [5.74, 6) is -1.08. The number of rotatable bonds is 2. The maximum Gasteiger partial charge on any atom is 0.360 e. The lowest BCUT2D eigenvalue weighted by molar-refractivity contribution is -0.0283. The number of hydrogen-bond acceptors (Lipinski definition) is 5. The third kappa shape index (κ3) is 1.13. The SMILES string of the molecule is Nc1c(C(=O)O)nnn1C1COC1. The quantitative estimate of drug-likeness (QED) is 0.619. The Kier molecular flexibility index (Phi) is 1.66. The van der Waals surface area contributed by atoms with Crippen molar-refractivity contribution in [1.82, 2.24) is 15.0 Å². The molecule has 1 aliphatic rings. The Balaban J connectivity index is 2.32. The molecule has 0 aromatic carbocycles. The molecule has 0 bridgehead atoms. The van der Waals surface area contributed by atoms with Crippen LogP contribution in [0.5, 0.6) is 0 Å². The van der Waals surface area contributed by atoms with Crippen molar-refractivity contribution in [3.8, 4) is 0 Å². The van der Waals surface area contributed by atoms with Crippen LogP contribution < -0.4 is 5.73 Å². The van der Waals surface area contributed by atoms with Gasteiger partial charge in [-0.05, 0) is 0 Å². The first-order chi connectivity index (χ1) is 6.20. The van der Waals surface area contributed by atoms with E-state index in [9.17, 15) is 4.79 Å². The van der Waals surface area contributed by atoms with Gasteiger partial charge in [-0.2, -0.15) is 0 Å². The standard InChI is InChI=1S/C6H8N4O3/c7-5-4(6(11)12)8-9-10(5)3-1-13-2-3/h3H,1-2,7H2,(H,11,12). The Hall–Kier alpha value is -1.63. The summed E-state index contributed by atoms with van der Waals surface area (Å²) in [7, 11) is 0. The van der Waals surface area contributed by atoms with Crippen molar-refractivity contribution in [3.63, 3.8) is 0 Å².